The van der Waals surface area contributed by atoms with Crippen LogP contribution in [0.4, 0.5) is 0 Å². The van der Waals surface area contributed by atoms with E-state index in [0.717, 1.165) is 5.56 Å². The van der Waals surface area contributed by atoms with E-state index in [0.29, 0.717) is 16.3 Å². The van der Waals surface area contributed by atoms with Crippen LogP contribution >= 0.6 is 11.6 Å². The van der Waals surface area contributed by atoms with Crippen LogP contribution in [0.3, 0.4) is 0 Å². The lowest BCUT2D eigenvalue weighted by Crippen LogP contribution is -2.25. The standard InChI is InChI=1S/C19H20ClNO/c1-11-4-6-14-18(8-11)22-17-7-5-13(20)9-15(17)16-10-21(3)12(2)19(14)16/h4-9,12,16,19H,10H2,1-3H3/t12?,16-,19-/m0/s1/i10D2,12D,16D,19D. The van der Waals surface area contributed by atoms with Gasteiger partial charge < -0.3 is 9.64 Å². The van der Waals surface area contributed by atoms with Crippen molar-refractivity contribution in [2.75, 3.05) is 13.5 Å². The zero-order valence-electron chi connectivity index (χ0n) is 17.7. The fourth-order valence-electron chi connectivity index (χ4n) is 3.01. The Bertz CT molecular complexity index is 965. The monoisotopic (exact) mass is 318 g/mol. The average molecular weight is 319 g/mol. The van der Waals surface area contributed by atoms with Crippen LogP contribution in [0, 0.1) is 6.92 Å². The fraction of sp³-hybridized carbons (Fsp3) is 0.368. The Labute approximate surface area is 143 Å². The number of halogens is 1. The van der Waals surface area contributed by atoms with Crippen molar-refractivity contribution in [3.63, 3.8) is 0 Å². The highest BCUT2D eigenvalue weighted by atomic mass is 35.5. The highest BCUT2D eigenvalue weighted by Gasteiger charge is 2.43. The summed E-state index contributed by atoms with van der Waals surface area (Å²) in [6, 6.07) is 8.20. The Morgan fingerprint density at radius 2 is 2.05 bits per heavy atom. The second-order valence-electron chi connectivity index (χ2n) is 5.75. The Kier molecular flexibility index (Phi) is 2.18. The number of rotatable bonds is 0. The van der Waals surface area contributed by atoms with Crippen LogP contribution in [0.25, 0.3) is 0 Å². The normalized spacial score (nSPS) is 42.3. The zero-order valence-corrected chi connectivity index (χ0v) is 13.5. The van der Waals surface area contributed by atoms with Crippen molar-refractivity contribution in [1.82, 2.24) is 4.90 Å². The summed E-state index contributed by atoms with van der Waals surface area (Å²) < 4.78 is 51.3. The molecule has 2 aromatic rings. The summed E-state index contributed by atoms with van der Waals surface area (Å²) in [6.45, 7) is 1.05. The van der Waals surface area contributed by atoms with E-state index < -0.39 is 24.3 Å². The molecule has 1 fully saturated rings. The number of hydrogen-bond acceptors (Lipinski definition) is 2. The van der Waals surface area contributed by atoms with Gasteiger partial charge in [-0.3, -0.25) is 0 Å². The molecule has 22 heavy (non-hydrogen) atoms. The van der Waals surface area contributed by atoms with Gasteiger partial charge in [-0.25, -0.2) is 0 Å². The second-order valence-corrected chi connectivity index (χ2v) is 6.18. The van der Waals surface area contributed by atoms with Crippen molar-refractivity contribution < 1.29 is 11.6 Å². The molecule has 0 spiro atoms. The molecule has 114 valence electrons. The summed E-state index contributed by atoms with van der Waals surface area (Å²) in [5, 5.41) is 0.325. The number of hydrogen-bond donors (Lipinski definition) is 0. The van der Waals surface area contributed by atoms with Gasteiger partial charge in [0.1, 0.15) is 11.5 Å². The molecular weight excluding hydrogens is 294 g/mol. The minimum absolute atomic E-state index is 0.173. The maximum Gasteiger partial charge on any atom is 0.131 e. The van der Waals surface area contributed by atoms with Crippen LogP contribution < -0.4 is 4.74 Å². The largest absolute Gasteiger partial charge is 0.457 e. The predicted octanol–water partition coefficient (Wildman–Crippen LogP) is 4.96. The van der Waals surface area contributed by atoms with Gasteiger partial charge >= 0.3 is 0 Å². The molecule has 3 atom stereocenters. The van der Waals surface area contributed by atoms with Gasteiger partial charge in [0, 0.05) is 47.3 Å². The molecule has 2 nitrogen and oxygen atoms in total. The first-order valence-electron chi connectivity index (χ1n) is 9.72. The van der Waals surface area contributed by atoms with E-state index in [1.54, 1.807) is 30.3 Å². The minimum atomic E-state index is -2.32. The number of likely N-dealkylation sites (tertiary alicyclic amines) is 1. The third-order valence-corrected chi connectivity index (χ3v) is 4.47. The lowest BCUT2D eigenvalue weighted by molar-refractivity contribution is 0.315. The van der Waals surface area contributed by atoms with Gasteiger partial charge in [0.05, 0.1) is 0 Å². The number of fused-ring (bicyclic) bond motifs is 5. The van der Waals surface area contributed by atoms with Gasteiger partial charge in [-0.05, 0) is 50.7 Å². The van der Waals surface area contributed by atoms with Crippen molar-refractivity contribution in [2.24, 2.45) is 0 Å². The van der Waals surface area contributed by atoms with Gasteiger partial charge in [0.2, 0.25) is 0 Å². The van der Waals surface area contributed by atoms with Crippen LogP contribution in [-0.4, -0.2) is 24.5 Å². The Hall–Kier alpha value is -1.51. The number of aryl methyl sites for hydroxylation is 1. The van der Waals surface area contributed by atoms with E-state index in [2.05, 4.69) is 0 Å². The molecular formula is C19H20ClNO. The summed E-state index contributed by atoms with van der Waals surface area (Å²) in [5.41, 5.74) is 1.40. The van der Waals surface area contributed by atoms with Crippen molar-refractivity contribution in [3.8, 4) is 11.5 Å². The van der Waals surface area contributed by atoms with Crippen molar-refractivity contribution >= 4 is 11.6 Å². The lowest BCUT2D eigenvalue weighted by atomic mass is 9.81. The van der Waals surface area contributed by atoms with Crippen LogP contribution in [0.5, 0.6) is 11.5 Å². The molecule has 3 heteroatoms. The Morgan fingerprint density at radius 1 is 1.23 bits per heavy atom. The van der Waals surface area contributed by atoms with Crippen LogP contribution in [-0.2, 0) is 0 Å². The molecule has 1 unspecified atom stereocenters. The first-order chi connectivity index (χ1) is 12.4. The second kappa shape index (κ2) is 5.00. The topological polar surface area (TPSA) is 12.5 Å². The highest BCUT2D eigenvalue weighted by Crippen LogP contribution is 2.52. The molecule has 0 amide bonds. The Balaban J connectivity index is 2.21. The van der Waals surface area contributed by atoms with Crippen LogP contribution in [0.1, 0.15) is 42.3 Å². The SMILES string of the molecule is [2H]C1([2H])N(C)C([2H])(C)[C@@]2([2H])c3ccc(C)cc3Oc3ccc(Cl)cc3[C@]12[2H]. The van der Waals surface area contributed by atoms with E-state index in [9.17, 15) is 2.74 Å². The summed E-state index contributed by atoms with van der Waals surface area (Å²) in [4.78, 5) is 1.17. The van der Waals surface area contributed by atoms with E-state index in [4.69, 9.17) is 20.5 Å². The molecule has 0 radical (unpaired) electrons. The number of nitrogens with zero attached hydrogens (tertiary/aromatic N) is 1. The van der Waals surface area contributed by atoms with E-state index in [1.165, 1.54) is 24.9 Å². The molecule has 2 aliphatic heterocycles. The number of benzene rings is 2. The predicted molar refractivity (Wildman–Crippen MR) is 90.3 cm³/mol. The summed E-state index contributed by atoms with van der Waals surface area (Å²) >= 11 is 6.18. The molecule has 0 aliphatic carbocycles. The van der Waals surface area contributed by atoms with Crippen molar-refractivity contribution in [1.29, 1.82) is 0 Å². The van der Waals surface area contributed by atoms with Crippen molar-refractivity contribution in [3.05, 3.63) is 58.1 Å². The zero-order chi connectivity index (χ0) is 20.0. The summed E-state index contributed by atoms with van der Waals surface area (Å²) in [5.74, 6) is -3.47. The van der Waals surface area contributed by atoms with Crippen LogP contribution in [0.15, 0.2) is 36.4 Å². The first-order valence-corrected chi connectivity index (χ1v) is 7.60. The van der Waals surface area contributed by atoms with Gasteiger partial charge in [-0.15, -0.1) is 0 Å². The lowest BCUT2D eigenvalue weighted by Gasteiger charge is -2.23. The molecule has 0 N–H and O–H groups in total. The Morgan fingerprint density at radius 3 is 2.86 bits per heavy atom. The molecule has 4 rings (SSSR count). The molecule has 2 heterocycles. The van der Waals surface area contributed by atoms with Gasteiger partial charge in [-0.2, -0.15) is 0 Å². The molecule has 2 aliphatic rings. The van der Waals surface area contributed by atoms with Crippen LogP contribution in [0.2, 0.25) is 5.02 Å². The van der Waals surface area contributed by atoms with Crippen molar-refractivity contribution in [2.45, 2.75) is 31.7 Å². The van der Waals surface area contributed by atoms with E-state index in [1.807, 2.05) is 6.92 Å². The molecule has 1 saturated heterocycles. The number of ether oxygens (including phenoxy) is 1. The number of likely N-dealkylation sites (N-methyl/N-ethyl adjacent to an activating group) is 1. The minimum Gasteiger partial charge on any atom is -0.457 e. The smallest absolute Gasteiger partial charge is 0.131 e. The molecule has 0 aromatic heterocycles. The average Bonchev–Trinajstić information content (AvgIpc) is 2.66. The summed E-state index contributed by atoms with van der Waals surface area (Å²) in [6.07, 6.45) is 0. The highest BCUT2D eigenvalue weighted by molar-refractivity contribution is 6.30. The summed E-state index contributed by atoms with van der Waals surface area (Å²) in [7, 11) is 1.45. The van der Waals surface area contributed by atoms with Gasteiger partial charge in [0.25, 0.3) is 0 Å². The third kappa shape index (κ3) is 2.05. The molecule has 0 bridgehead atoms. The first kappa shape index (κ1) is 9.59. The van der Waals surface area contributed by atoms with Gasteiger partial charge in [0.15, 0.2) is 0 Å². The fourth-order valence-corrected chi connectivity index (χ4v) is 3.18. The van der Waals surface area contributed by atoms with Gasteiger partial charge in [-0.1, -0.05) is 23.7 Å². The maximum absolute atomic E-state index is 9.44. The molecule has 2 aromatic carbocycles. The molecule has 0 saturated carbocycles. The van der Waals surface area contributed by atoms with E-state index in [-0.39, 0.29) is 11.3 Å². The van der Waals surface area contributed by atoms with E-state index >= 15 is 0 Å². The third-order valence-electron chi connectivity index (χ3n) is 4.23. The quantitative estimate of drug-likeness (QED) is 0.681. The maximum atomic E-state index is 9.44.